The van der Waals surface area contributed by atoms with Crippen LogP contribution < -0.4 is 9.80 Å². The van der Waals surface area contributed by atoms with Gasteiger partial charge in [-0.15, -0.1) is 0 Å². The van der Waals surface area contributed by atoms with Gasteiger partial charge >= 0.3 is 0 Å². The molecule has 0 bridgehead atoms. The van der Waals surface area contributed by atoms with Crippen LogP contribution in [0.1, 0.15) is 55.7 Å². The zero-order valence-electron chi connectivity index (χ0n) is 45.5. The second-order valence-electron chi connectivity index (χ2n) is 20.8. The van der Waals surface area contributed by atoms with Crippen LogP contribution in [-0.2, 0) is 5.41 Å². The Morgan fingerprint density at radius 3 is 1.56 bits per heavy atom. The second-order valence-corrected chi connectivity index (χ2v) is 20.8. The molecule has 0 saturated heterocycles. The third kappa shape index (κ3) is 7.58. The van der Waals surface area contributed by atoms with Crippen LogP contribution in [0.25, 0.3) is 93.6 Å². The van der Waals surface area contributed by atoms with Gasteiger partial charge in [0.1, 0.15) is 22.5 Å². The molecule has 0 spiro atoms. The Bertz CT molecular complexity index is 4690. The van der Waals surface area contributed by atoms with E-state index in [4.69, 9.17) is 8.83 Å². The first-order valence-electron chi connectivity index (χ1n) is 27.9. The summed E-state index contributed by atoms with van der Waals surface area (Å²) in [6, 6.07) is 91.1. The summed E-state index contributed by atoms with van der Waals surface area (Å²) >= 11 is 0. The molecule has 0 unspecified atom stereocenters. The van der Waals surface area contributed by atoms with Crippen molar-refractivity contribution < 1.29 is 8.83 Å². The Morgan fingerprint density at radius 1 is 0.362 bits per heavy atom. The van der Waals surface area contributed by atoms with Gasteiger partial charge in [0.15, 0.2) is 0 Å². The quantitative estimate of drug-likeness (QED) is 0.135. The fourth-order valence-corrected chi connectivity index (χ4v) is 13.0. The van der Waals surface area contributed by atoms with Gasteiger partial charge < -0.3 is 18.6 Å². The minimum atomic E-state index is -0.539. The standard InChI is InChI=1S/C74H52N2O2.C2H6/c1-4-21-69-47(2)54-40-38-53(45-71(54)77-69)76(50-24-9-6-10-25-50)68-46-65(73(62-32-14-13-30-59(62)68)74(3)66-33-18-15-28-57(66)58-29-16-19-34-67(58)74)64-42-48-36-37-51(43-63(48)55-26-11-12-27-56(55)64)75(49-22-7-5-8-23-49)52-39-41-61-60-31-17-20-35-70(60)78-72(61)44-52;1-2/h4-46H,1-3H3;1-2H3/b21-4-;. The highest BCUT2D eigenvalue weighted by Crippen LogP contribution is 2.58. The van der Waals surface area contributed by atoms with Gasteiger partial charge in [0, 0.05) is 73.1 Å². The smallest absolute Gasteiger partial charge is 0.137 e. The van der Waals surface area contributed by atoms with E-state index in [1.807, 2.05) is 39.0 Å². The van der Waals surface area contributed by atoms with E-state index in [9.17, 15) is 0 Å². The highest BCUT2D eigenvalue weighted by Gasteiger charge is 2.43. The van der Waals surface area contributed by atoms with E-state index in [1.165, 1.54) is 60.5 Å². The van der Waals surface area contributed by atoms with E-state index in [0.29, 0.717) is 0 Å². The third-order valence-corrected chi connectivity index (χ3v) is 16.6. The summed E-state index contributed by atoms with van der Waals surface area (Å²) in [4.78, 5) is 4.77. The van der Waals surface area contributed by atoms with Gasteiger partial charge in [0.05, 0.1) is 5.69 Å². The van der Waals surface area contributed by atoms with E-state index in [0.717, 1.165) is 89.1 Å². The number of anilines is 6. The molecule has 4 heteroatoms. The average Bonchev–Trinajstić information content (AvgIpc) is 4.26. The van der Waals surface area contributed by atoms with Crippen molar-refractivity contribution in [2.45, 2.75) is 40.0 Å². The van der Waals surface area contributed by atoms with Crippen molar-refractivity contribution in [2.24, 2.45) is 0 Å². The van der Waals surface area contributed by atoms with Gasteiger partial charge in [-0.1, -0.05) is 178 Å². The highest BCUT2D eigenvalue weighted by atomic mass is 16.3. The Balaban J connectivity index is 0.00000285. The second kappa shape index (κ2) is 19.5. The minimum absolute atomic E-state index is 0.539. The summed E-state index contributed by atoms with van der Waals surface area (Å²) < 4.78 is 13.1. The summed E-state index contributed by atoms with van der Waals surface area (Å²) in [7, 11) is 0. The molecular formula is C76H58N2O2. The first-order chi connectivity index (χ1) is 39.4. The largest absolute Gasteiger partial charge is 0.456 e. The van der Waals surface area contributed by atoms with Gasteiger partial charge in [-0.3, -0.25) is 0 Å². The lowest BCUT2D eigenvalue weighted by Gasteiger charge is -2.35. The van der Waals surface area contributed by atoms with Crippen LogP contribution in [0.4, 0.5) is 34.1 Å². The molecule has 2 aromatic heterocycles. The minimum Gasteiger partial charge on any atom is -0.456 e. The van der Waals surface area contributed by atoms with E-state index in [2.05, 4.69) is 266 Å². The maximum Gasteiger partial charge on any atom is 0.137 e. The zero-order chi connectivity index (χ0) is 54.1. The maximum absolute atomic E-state index is 6.62. The molecule has 15 rings (SSSR count). The number of rotatable bonds is 9. The molecule has 0 N–H and O–H groups in total. The molecule has 4 nitrogen and oxygen atoms in total. The monoisotopic (exact) mass is 1030 g/mol. The van der Waals surface area contributed by atoms with Crippen molar-refractivity contribution in [2.75, 3.05) is 9.80 Å². The van der Waals surface area contributed by atoms with Crippen LogP contribution >= 0.6 is 0 Å². The van der Waals surface area contributed by atoms with Crippen LogP contribution in [0.5, 0.6) is 0 Å². The van der Waals surface area contributed by atoms with Gasteiger partial charge in [0.25, 0.3) is 0 Å². The summed E-state index contributed by atoms with van der Waals surface area (Å²) in [6.07, 6.45) is 4.09. The molecule has 0 saturated carbocycles. The summed E-state index contributed by atoms with van der Waals surface area (Å²) in [5, 5.41) is 10.4. The molecule has 14 aromatic rings. The average molecular weight is 1030 g/mol. The summed E-state index contributed by atoms with van der Waals surface area (Å²) in [5.41, 5.74) is 18.3. The van der Waals surface area contributed by atoms with Gasteiger partial charge in [-0.2, -0.15) is 0 Å². The number of furan rings is 2. The Hall–Kier alpha value is -9.90. The number of hydrogen-bond acceptors (Lipinski definition) is 4. The highest BCUT2D eigenvalue weighted by molar-refractivity contribution is 6.17. The normalized spacial score (nSPS) is 12.6. The lowest BCUT2D eigenvalue weighted by Crippen LogP contribution is -2.24. The van der Waals surface area contributed by atoms with Crippen molar-refractivity contribution in [3.05, 3.63) is 283 Å². The van der Waals surface area contributed by atoms with Gasteiger partial charge in [-0.05, 0) is 172 Å². The van der Waals surface area contributed by atoms with Crippen LogP contribution in [0.2, 0.25) is 0 Å². The molecule has 0 amide bonds. The first-order valence-corrected chi connectivity index (χ1v) is 27.9. The number of allylic oxidation sites excluding steroid dienone is 1. The van der Waals surface area contributed by atoms with E-state index in [-0.39, 0.29) is 0 Å². The predicted octanol–water partition coefficient (Wildman–Crippen LogP) is 22.1. The Kier molecular flexibility index (Phi) is 11.8. The van der Waals surface area contributed by atoms with Crippen molar-refractivity contribution in [1.29, 1.82) is 0 Å². The molecule has 384 valence electrons. The lowest BCUT2D eigenvalue weighted by atomic mass is 9.69. The summed E-state index contributed by atoms with van der Waals surface area (Å²) in [6.45, 7) is 10.6. The maximum atomic E-state index is 6.62. The molecule has 0 atom stereocenters. The molecule has 2 heterocycles. The van der Waals surface area contributed by atoms with E-state index >= 15 is 0 Å². The van der Waals surface area contributed by atoms with Crippen LogP contribution in [0, 0.1) is 6.92 Å². The van der Waals surface area contributed by atoms with Crippen molar-refractivity contribution in [3.8, 4) is 22.3 Å². The molecule has 0 aliphatic heterocycles. The zero-order valence-corrected chi connectivity index (χ0v) is 45.5. The van der Waals surface area contributed by atoms with E-state index in [1.54, 1.807) is 0 Å². The van der Waals surface area contributed by atoms with Crippen LogP contribution in [0.15, 0.2) is 264 Å². The Morgan fingerprint density at radius 2 is 0.875 bits per heavy atom. The van der Waals surface area contributed by atoms with E-state index < -0.39 is 5.41 Å². The number of para-hydroxylation sites is 3. The van der Waals surface area contributed by atoms with Crippen molar-refractivity contribution in [3.63, 3.8) is 0 Å². The fraction of sp³-hybridized carbons (Fsp3) is 0.0789. The summed E-state index contributed by atoms with van der Waals surface area (Å²) in [5.74, 6) is 0.880. The third-order valence-electron chi connectivity index (χ3n) is 16.6. The van der Waals surface area contributed by atoms with Gasteiger partial charge in [-0.25, -0.2) is 0 Å². The van der Waals surface area contributed by atoms with Crippen LogP contribution in [-0.4, -0.2) is 0 Å². The number of hydrogen-bond donors (Lipinski definition) is 0. The molecule has 80 heavy (non-hydrogen) atoms. The lowest BCUT2D eigenvalue weighted by molar-refractivity contribution is 0.601. The molecule has 1 aliphatic rings. The van der Waals surface area contributed by atoms with Crippen molar-refractivity contribution >= 4 is 105 Å². The SMILES string of the molecule is C/C=C\c1oc2cc(N(c3ccccc3)c3cc(-c4cc5ccc(N(c6ccccc6)c6ccc7c(c6)oc6ccccc67)cc5c5ccccc45)c(C4(C)c5ccccc5-c5ccccc54)c4ccccc34)ccc2c1C.CC. The fourth-order valence-electron chi connectivity index (χ4n) is 13.0. The number of aryl methyl sites for hydroxylation is 1. The molecule has 0 fully saturated rings. The molecule has 0 radical (unpaired) electrons. The predicted molar refractivity (Wildman–Crippen MR) is 339 cm³/mol. The number of nitrogens with zero attached hydrogens (tertiary/aromatic N) is 2. The van der Waals surface area contributed by atoms with Gasteiger partial charge in [0.2, 0.25) is 0 Å². The van der Waals surface area contributed by atoms with Crippen molar-refractivity contribution in [1.82, 2.24) is 0 Å². The number of benzene rings is 12. The molecule has 12 aromatic carbocycles. The first kappa shape index (κ1) is 48.5. The molecule has 1 aliphatic carbocycles. The Labute approximate surface area is 466 Å². The van der Waals surface area contributed by atoms with Crippen LogP contribution in [0.3, 0.4) is 0 Å². The number of fused-ring (bicyclic) bond motifs is 11. The topological polar surface area (TPSA) is 32.8 Å². The molecular weight excluding hydrogens is 973 g/mol.